The SMILES string of the molecule is O=C(C1CC1)N1CCc2cc(S(=O)(=O)Cl)ncc2C1. The van der Waals surface area contributed by atoms with Gasteiger partial charge in [-0.05, 0) is 36.5 Å². The number of carbonyl (C=O) groups is 1. The minimum atomic E-state index is -3.79. The van der Waals surface area contributed by atoms with Crippen LogP contribution in [0.25, 0.3) is 0 Å². The highest BCUT2D eigenvalue weighted by Crippen LogP contribution is 2.33. The number of nitrogens with zero attached hydrogens (tertiary/aromatic N) is 2. The van der Waals surface area contributed by atoms with E-state index in [-0.39, 0.29) is 16.9 Å². The summed E-state index contributed by atoms with van der Waals surface area (Å²) in [6.07, 6.45) is 4.14. The summed E-state index contributed by atoms with van der Waals surface area (Å²) in [6, 6.07) is 1.51. The lowest BCUT2D eigenvalue weighted by Crippen LogP contribution is -2.37. The molecular formula is C12H13ClN2O3S. The summed E-state index contributed by atoms with van der Waals surface area (Å²) in [4.78, 5) is 17.7. The van der Waals surface area contributed by atoms with E-state index in [1.807, 2.05) is 4.90 Å². The second-order valence-corrected chi connectivity index (χ2v) is 7.53. The van der Waals surface area contributed by atoms with Crippen molar-refractivity contribution in [3.8, 4) is 0 Å². The quantitative estimate of drug-likeness (QED) is 0.772. The highest BCUT2D eigenvalue weighted by Gasteiger charge is 2.34. The number of halogens is 1. The van der Waals surface area contributed by atoms with Gasteiger partial charge in [-0.15, -0.1) is 0 Å². The van der Waals surface area contributed by atoms with Crippen LogP contribution in [-0.2, 0) is 26.8 Å². The molecule has 1 aromatic rings. The highest BCUT2D eigenvalue weighted by molar-refractivity contribution is 8.13. The average Bonchev–Trinajstić information content (AvgIpc) is 3.20. The smallest absolute Gasteiger partial charge is 0.278 e. The third-order valence-electron chi connectivity index (χ3n) is 3.56. The summed E-state index contributed by atoms with van der Waals surface area (Å²) in [5.74, 6) is 0.414. The molecule has 1 aliphatic carbocycles. The molecule has 1 aliphatic heterocycles. The predicted molar refractivity (Wildman–Crippen MR) is 69.1 cm³/mol. The fourth-order valence-electron chi connectivity index (χ4n) is 2.33. The molecule has 0 saturated heterocycles. The Hall–Kier alpha value is -1.14. The molecule has 1 fully saturated rings. The number of amides is 1. The second kappa shape index (κ2) is 4.45. The molecule has 1 saturated carbocycles. The van der Waals surface area contributed by atoms with E-state index in [1.54, 1.807) is 0 Å². The topological polar surface area (TPSA) is 67.3 Å². The molecule has 0 spiro atoms. The Labute approximate surface area is 116 Å². The number of carbonyl (C=O) groups excluding carboxylic acids is 1. The molecule has 5 nitrogen and oxygen atoms in total. The van der Waals surface area contributed by atoms with Gasteiger partial charge < -0.3 is 4.90 Å². The van der Waals surface area contributed by atoms with E-state index in [0.29, 0.717) is 19.5 Å². The molecule has 1 aromatic heterocycles. The highest BCUT2D eigenvalue weighted by atomic mass is 35.7. The van der Waals surface area contributed by atoms with Crippen LogP contribution in [0.15, 0.2) is 17.3 Å². The molecule has 0 aromatic carbocycles. The molecule has 0 N–H and O–H groups in total. The van der Waals surface area contributed by atoms with Crippen molar-refractivity contribution in [2.24, 2.45) is 5.92 Å². The van der Waals surface area contributed by atoms with Gasteiger partial charge >= 0.3 is 0 Å². The van der Waals surface area contributed by atoms with Gasteiger partial charge in [0.15, 0.2) is 5.03 Å². The number of hydrogen-bond acceptors (Lipinski definition) is 4. The van der Waals surface area contributed by atoms with Crippen LogP contribution >= 0.6 is 10.7 Å². The van der Waals surface area contributed by atoms with E-state index in [2.05, 4.69) is 4.98 Å². The standard InChI is InChI=1S/C12H13ClN2O3S/c13-19(17,18)11-5-9-3-4-15(7-10(9)6-14-11)12(16)8-1-2-8/h5-6,8H,1-4,7H2. The third-order valence-corrected chi connectivity index (χ3v) is 4.76. The maximum Gasteiger partial charge on any atom is 0.278 e. The Morgan fingerprint density at radius 2 is 2.11 bits per heavy atom. The summed E-state index contributed by atoms with van der Waals surface area (Å²) in [7, 11) is 1.49. The van der Waals surface area contributed by atoms with Crippen LogP contribution in [0.1, 0.15) is 24.0 Å². The Balaban J connectivity index is 1.84. The molecule has 0 radical (unpaired) electrons. The fourth-order valence-corrected chi connectivity index (χ4v) is 3.04. The van der Waals surface area contributed by atoms with E-state index in [1.165, 1.54) is 12.3 Å². The number of hydrogen-bond donors (Lipinski definition) is 0. The first-order valence-corrected chi connectivity index (χ1v) is 8.47. The number of aromatic nitrogens is 1. The molecule has 1 amide bonds. The normalized spacial score (nSPS) is 19.1. The van der Waals surface area contributed by atoms with Crippen molar-refractivity contribution in [1.29, 1.82) is 0 Å². The first kappa shape index (κ1) is 12.9. The van der Waals surface area contributed by atoms with Gasteiger partial charge in [0, 0.05) is 35.9 Å². The molecule has 102 valence electrons. The molecule has 2 heterocycles. The van der Waals surface area contributed by atoms with Crippen molar-refractivity contribution in [3.63, 3.8) is 0 Å². The van der Waals surface area contributed by atoms with Gasteiger partial charge in [-0.25, -0.2) is 13.4 Å². The number of pyridine rings is 1. The first-order valence-electron chi connectivity index (χ1n) is 6.16. The van der Waals surface area contributed by atoms with E-state index in [4.69, 9.17) is 10.7 Å². The van der Waals surface area contributed by atoms with Crippen LogP contribution in [0.3, 0.4) is 0 Å². The molecule has 7 heteroatoms. The summed E-state index contributed by atoms with van der Waals surface area (Å²) < 4.78 is 22.5. The molecule has 0 unspecified atom stereocenters. The van der Waals surface area contributed by atoms with Crippen molar-refractivity contribution < 1.29 is 13.2 Å². The van der Waals surface area contributed by atoms with Gasteiger partial charge in [-0.3, -0.25) is 4.79 Å². The maximum atomic E-state index is 12.0. The Bertz CT molecular complexity index is 640. The van der Waals surface area contributed by atoms with Gasteiger partial charge in [-0.2, -0.15) is 0 Å². The Morgan fingerprint density at radius 3 is 2.74 bits per heavy atom. The van der Waals surface area contributed by atoms with Gasteiger partial charge in [0.2, 0.25) is 5.91 Å². The average molecular weight is 301 g/mol. The maximum absolute atomic E-state index is 12.0. The number of rotatable bonds is 2. The van der Waals surface area contributed by atoms with Crippen molar-refractivity contribution in [2.75, 3.05) is 6.54 Å². The summed E-state index contributed by atoms with van der Waals surface area (Å²) in [5.41, 5.74) is 1.82. The zero-order chi connectivity index (χ0) is 13.6. The van der Waals surface area contributed by atoms with Crippen LogP contribution in [0.5, 0.6) is 0 Å². The molecule has 0 atom stereocenters. The minimum absolute atomic E-state index is 0.116. The Morgan fingerprint density at radius 1 is 1.37 bits per heavy atom. The first-order chi connectivity index (χ1) is 8.95. The van der Waals surface area contributed by atoms with Crippen molar-refractivity contribution >= 4 is 25.6 Å². The third kappa shape index (κ3) is 2.60. The summed E-state index contributed by atoms with van der Waals surface area (Å²) >= 11 is 0. The van der Waals surface area contributed by atoms with E-state index in [9.17, 15) is 13.2 Å². The van der Waals surface area contributed by atoms with Crippen LogP contribution < -0.4 is 0 Å². The lowest BCUT2D eigenvalue weighted by molar-refractivity contribution is -0.133. The zero-order valence-corrected chi connectivity index (χ0v) is 11.7. The summed E-state index contributed by atoms with van der Waals surface area (Å²) in [5, 5.41) is -0.116. The monoisotopic (exact) mass is 300 g/mol. The lowest BCUT2D eigenvalue weighted by Gasteiger charge is -2.28. The van der Waals surface area contributed by atoms with E-state index in [0.717, 1.165) is 24.0 Å². The predicted octanol–water partition coefficient (Wildman–Crippen LogP) is 1.30. The van der Waals surface area contributed by atoms with Gasteiger partial charge in [0.1, 0.15) is 0 Å². The minimum Gasteiger partial charge on any atom is -0.338 e. The molecule has 0 bridgehead atoms. The van der Waals surface area contributed by atoms with Crippen LogP contribution in [0, 0.1) is 5.92 Å². The fraction of sp³-hybridized carbons (Fsp3) is 0.500. The summed E-state index contributed by atoms with van der Waals surface area (Å²) in [6.45, 7) is 1.15. The van der Waals surface area contributed by atoms with Crippen LogP contribution in [-0.4, -0.2) is 30.8 Å². The molecule has 3 rings (SSSR count). The lowest BCUT2D eigenvalue weighted by atomic mass is 10.0. The van der Waals surface area contributed by atoms with Crippen LogP contribution in [0.4, 0.5) is 0 Å². The Kier molecular flexibility index (Phi) is 3.02. The van der Waals surface area contributed by atoms with Crippen LogP contribution in [0.2, 0.25) is 0 Å². The van der Waals surface area contributed by atoms with Gasteiger partial charge in [0.05, 0.1) is 0 Å². The van der Waals surface area contributed by atoms with Crippen molar-refractivity contribution in [1.82, 2.24) is 9.88 Å². The van der Waals surface area contributed by atoms with Gasteiger partial charge in [0.25, 0.3) is 9.05 Å². The molecule has 2 aliphatic rings. The second-order valence-electron chi connectivity index (χ2n) is 5.01. The van der Waals surface area contributed by atoms with E-state index < -0.39 is 9.05 Å². The molecular weight excluding hydrogens is 288 g/mol. The zero-order valence-electron chi connectivity index (χ0n) is 10.2. The number of fused-ring (bicyclic) bond motifs is 1. The van der Waals surface area contributed by atoms with Crippen molar-refractivity contribution in [3.05, 3.63) is 23.4 Å². The van der Waals surface area contributed by atoms with E-state index >= 15 is 0 Å². The largest absolute Gasteiger partial charge is 0.338 e. The molecule has 19 heavy (non-hydrogen) atoms. The van der Waals surface area contributed by atoms with Crippen molar-refractivity contribution in [2.45, 2.75) is 30.8 Å². The van der Waals surface area contributed by atoms with Gasteiger partial charge in [-0.1, -0.05) is 0 Å².